The van der Waals surface area contributed by atoms with Crippen molar-refractivity contribution < 1.29 is 31.4 Å². The van der Waals surface area contributed by atoms with Crippen molar-refractivity contribution in [3.05, 3.63) is 53.7 Å². The van der Waals surface area contributed by atoms with Crippen LogP contribution in [0.5, 0.6) is 0 Å². The first kappa shape index (κ1) is 18.3. The molecule has 1 aromatic carbocycles. The van der Waals surface area contributed by atoms with Crippen molar-refractivity contribution in [3.63, 3.8) is 0 Å². The average molecular weight is 349 g/mol. The van der Waals surface area contributed by atoms with Gasteiger partial charge in [0.15, 0.2) is 0 Å². The van der Waals surface area contributed by atoms with Crippen LogP contribution >= 0.6 is 0 Å². The van der Waals surface area contributed by atoms with E-state index in [-0.39, 0.29) is 5.69 Å². The number of aryl methyl sites for hydroxylation is 1. The second-order valence-corrected chi connectivity index (χ2v) is 5.12. The number of rotatable bonds is 3. The maximum absolute atomic E-state index is 13.2. The fourth-order valence-electron chi connectivity index (χ4n) is 2.44. The number of hydrogen-bond acceptors (Lipinski definition) is 2. The van der Waals surface area contributed by atoms with E-state index in [1.165, 1.54) is 18.3 Å². The van der Waals surface area contributed by atoms with Crippen LogP contribution in [0.2, 0.25) is 0 Å². The number of nitrogens with zero attached hydrogens (tertiary/aromatic N) is 1. The van der Waals surface area contributed by atoms with Crippen molar-refractivity contribution >= 4 is 0 Å². The average Bonchev–Trinajstić information content (AvgIpc) is 2.52. The van der Waals surface area contributed by atoms with Crippen LogP contribution in [0.4, 0.5) is 26.3 Å². The zero-order valence-corrected chi connectivity index (χ0v) is 12.4. The first-order valence-corrected chi connectivity index (χ1v) is 6.93. The molecule has 0 radical (unpaired) electrons. The van der Waals surface area contributed by atoms with Crippen LogP contribution in [-0.4, -0.2) is 22.4 Å². The topological polar surface area (TPSA) is 33.1 Å². The molecule has 0 saturated heterocycles. The summed E-state index contributed by atoms with van der Waals surface area (Å²) in [4.78, 5) is 3.91. The molecule has 1 aromatic heterocycles. The molecule has 0 fully saturated rings. The first-order valence-electron chi connectivity index (χ1n) is 6.93. The molecular weight excluding hydrogens is 336 g/mol. The van der Waals surface area contributed by atoms with Crippen molar-refractivity contribution in [2.45, 2.75) is 31.3 Å². The maximum Gasteiger partial charge on any atom is 0.430 e. The van der Waals surface area contributed by atoms with Crippen LogP contribution in [0, 0.1) is 0 Å². The Hall–Kier alpha value is -2.09. The van der Waals surface area contributed by atoms with E-state index >= 15 is 0 Å². The van der Waals surface area contributed by atoms with E-state index in [2.05, 4.69) is 4.98 Å². The largest absolute Gasteiger partial charge is 0.430 e. The molecular formula is C16H13F6NO. The molecule has 0 bridgehead atoms. The number of pyridine rings is 1. The predicted octanol–water partition coefficient (Wildman–Crippen LogP) is 4.62. The van der Waals surface area contributed by atoms with E-state index in [0.29, 0.717) is 18.1 Å². The minimum Gasteiger partial charge on any atom is -0.369 e. The Morgan fingerprint density at radius 2 is 1.50 bits per heavy atom. The van der Waals surface area contributed by atoms with Gasteiger partial charge in [0.05, 0.1) is 5.69 Å². The van der Waals surface area contributed by atoms with Gasteiger partial charge in [0.25, 0.3) is 5.60 Å². The number of aromatic nitrogens is 1. The molecule has 8 heteroatoms. The Morgan fingerprint density at radius 1 is 0.917 bits per heavy atom. The van der Waals surface area contributed by atoms with Gasteiger partial charge in [-0.05, 0) is 18.1 Å². The lowest BCUT2D eigenvalue weighted by Gasteiger charge is -2.34. The summed E-state index contributed by atoms with van der Waals surface area (Å²) >= 11 is 0. The van der Waals surface area contributed by atoms with Gasteiger partial charge >= 0.3 is 12.4 Å². The second kappa shape index (κ2) is 6.08. The quantitative estimate of drug-likeness (QED) is 0.820. The van der Waals surface area contributed by atoms with E-state index in [0.717, 1.165) is 12.1 Å². The van der Waals surface area contributed by atoms with Gasteiger partial charge in [0.1, 0.15) is 0 Å². The Labute approximate surface area is 133 Å². The van der Waals surface area contributed by atoms with Crippen molar-refractivity contribution in [3.8, 4) is 11.3 Å². The minimum absolute atomic E-state index is 0.0254. The summed E-state index contributed by atoms with van der Waals surface area (Å²) in [5, 5.41) is 9.68. The molecule has 0 atom stereocenters. The molecule has 2 rings (SSSR count). The third kappa shape index (κ3) is 2.86. The Balaban J connectivity index is 2.82. The van der Waals surface area contributed by atoms with Crippen molar-refractivity contribution in [1.82, 2.24) is 4.98 Å². The number of hydrogen-bond donors (Lipinski definition) is 1. The van der Waals surface area contributed by atoms with E-state index in [4.69, 9.17) is 0 Å². The smallest absolute Gasteiger partial charge is 0.369 e. The van der Waals surface area contributed by atoms with Crippen LogP contribution in [-0.2, 0) is 12.0 Å². The SMILES string of the molecule is CCc1cccnc1-c1ccccc1C(O)(C(F)(F)F)C(F)(F)F. The third-order valence-electron chi connectivity index (χ3n) is 3.66. The summed E-state index contributed by atoms with van der Waals surface area (Å²) in [5.74, 6) is 0. The number of alkyl halides is 6. The number of aliphatic hydroxyl groups is 1. The summed E-state index contributed by atoms with van der Waals surface area (Å²) in [6.07, 6.45) is -10.3. The molecule has 0 unspecified atom stereocenters. The van der Waals surface area contributed by atoms with Gasteiger partial charge in [-0.2, -0.15) is 26.3 Å². The van der Waals surface area contributed by atoms with E-state index < -0.39 is 29.1 Å². The van der Waals surface area contributed by atoms with Crippen LogP contribution in [0.1, 0.15) is 18.1 Å². The van der Waals surface area contributed by atoms with Crippen LogP contribution < -0.4 is 0 Å². The Morgan fingerprint density at radius 3 is 2.04 bits per heavy atom. The minimum atomic E-state index is -5.94. The zero-order valence-electron chi connectivity index (χ0n) is 12.4. The number of halogens is 6. The van der Waals surface area contributed by atoms with Crippen LogP contribution in [0.25, 0.3) is 11.3 Å². The van der Waals surface area contributed by atoms with Gasteiger partial charge in [0, 0.05) is 17.3 Å². The molecule has 0 aliphatic heterocycles. The van der Waals surface area contributed by atoms with Gasteiger partial charge in [-0.25, -0.2) is 0 Å². The van der Waals surface area contributed by atoms with E-state index in [1.807, 2.05) is 0 Å². The highest BCUT2D eigenvalue weighted by Gasteiger charge is 2.72. The van der Waals surface area contributed by atoms with Crippen molar-refractivity contribution in [2.75, 3.05) is 0 Å². The third-order valence-corrected chi connectivity index (χ3v) is 3.66. The zero-order chi connectivity index (χ0) is 18.2. The van der Waals surface area contributed by atoms with Crippen molar-refractivity contribution in [2.24, 2.45) is 0 Å². The molecule has 130 valence electrons. The molecule has 1 heterocycles. The molecule has 2 nitrogen and oxygen atoms in total. The lowest BCUT2D eigenvalue weighted by atomic mass is 9.86. The molecule has 24 heavy (non-hydrogen) atoms. The van der Waals surface area contributed by atoms with Gasteiger partial charge in [-0.15, -0.1) is 0 Å². The first-order chi connectivity index (χ1) is 11.0. The molecule has 1 N–H and O–H groups in total. The molecule has 0 spiro atoms. The van der Waals surface area contributed by atoms with Crippen molar-refractivity contribution in [1.29, 1.82) is 0 Å². The molecule has 0 saturated carbocycles. The van der Waals surface area contributed by atoms with Gasteiger partial charge < -0.3 is 5.11 Å². The van der Waals surface area contributed by atoms with E-state index in [1.54, 1.807) is 13.0 Å². The Kier molecular flexibility index (Phi) is 4.63. The maximum atomic E-state index is 13.2. The van der Waals surface area contributed by atoms with Gasteiger partial charge in [-0.3, -0.25) is 4.98 Å². The monoisotopic (exact) mass is 349 g/mol. The second-order valence-electron chi connectivity index (χ2n) is 5.12. The predicted molar refractivity (Wildman–Crippen MR) is 75.1 cm³/mol. The number of benzene rings is 1. The summed E-state index contributed by atoms with van der Waals surface area (Å²) in [5.41, 5.74) is -6.25. The summed E-state index contributed by atoms with van der Waals surface area (Å²) in [6.45, 7) is 1.70. The summed E-state index contributed by atoms with van der Waals surface area (Å²) < 4.78 is 79.0. The van der Waals surface area contributed by atoms with Gasteiger partial charge in [-0.1, -0.05) is 37.3 Å². The fraction of sp³-hybridized carbons (Fsp3) is 0.312. The molecule has 2 aromatic rings. The fourth-order valence-corrected chi connectivity index (χ4v) is 2.44. The molecule has 0 aliphatic carbocycles. The highest BCUT2D eigenvalue weighted by atomic mass is 19.4. The molecule has 0 amide bonds. The summed E-state index contributed by atoms with van der Waals surface area (Å²) in [6, 6.07) is 7.09. The summed E-state index contributed by atoms with van der Waals surface area (Å²) in [7, 11) is 0. The van der Waals surface area contributed by atoms with Crippen LogP contribution in [0.15, 0.2) is 42.6 Å². The highest BCUT2D eigenvalue weighted by molar-refractivity contribution is 5.68. The highest BCUT2D eigenvalue weighted by Crippen LogP contribution is 2.52. The lowest BCUT2D eigenvalue weighted by Crippen LogP contribution is -2.54. The normalized spacial score (nSPS) is 13.2. The molecule has 0 aliphatic rings. The van der Waals surface area contributed by atoms with Gasteiger partial charge in [0.2, 0.25) is 0 Å². The van der Waals surface area contributed by atoms with Crippen LogP contribution in [0.3, 0.4) is 0 Å². The Bertz CT molecular complexity index is 709. The standard InChI is InChI=1S/C16H13F6NO/c1-2-10-6-5-9-23-13(10)11-7-3-4-8-12(11)14(24,15(17,18)19)16(20,21)22/h3-9,24H,2H2,1H3. The lowest BCUT2D eigenvalue weighted by molar-refractivity contribution is -0.376. The van der Waals surface area contributed by atoms with E-state index in [9.17, 15) is 31.4 Å².